The third kappa shape index (κ3) is 3.56. The van der Waals surface area contributed by atoms with E-state index in [1.807, 2.05) is 0 Å². The quantitative estimate of drug-likeness (QED) is 0.823. The number of hydrogen-bond donors (Lipinski definition) is 2. The van der Waals surface area contributed by atoms with E-state index in [0.29, 0.717) is 13.1 Å². The molecule has 0 saturated carbocycles. The van der Waals surface area contributed by atoms with Gasteiger partial charge < -0.3 is 11.1 Å². The lowest BCUT2D eigenvalue weighted by molar-refractivity contribution is 0.0957. The Morgan fingerprint density at radius 3 is 2.83 bits per heavy atom. The molecule has 0 aliphatic heterocycles. The summed E-state index contributed by atoms with van der Waals surface area (Å²) in [5.41, 5.74) is 6.83. The molecule has 1 aromatic heterocycles. The summed E-state index contributed by atoms with van der Waals surface area (Å²) in [6.45, 7) is 1.30. The molecule has 2 rings (SSSR count). The lowest BCUT2D eigenvalue weighted by Gasteiger charge is -2.07. The molecule has 0 spiro atoms. The Morgan fingerprint density at radius 1 is 1.28 bits per heavy atom. The van der Waals surface area contributed by atoms with E-state index in [0.717, 1.165) is 24.1 Å². The molecule has 0 fully saturated rings. The Balaban J connectivity index is 2.00. The summed E-state index contributed by atoms with van der Waals surface area (Å²) in [6, 6.07) is 2.10. The second kappa shape index (κ2) is 6.90. The van der Waals surface area contributed by atoms with Crippen LogP contribution in [0.4, 0.5) is 0 Å². The lowest BCUT2D eigenvalue weighted by atomic mass is 10.00. The minimum atomic E-state index is 0.0696. The van der Waals surface area contributed by atoms with Crippen molar-refractivity contribution in [2.24, 2.45) is 5.73 Å². The number of thiophene rings is 1. The first-order valence-electron chi connectivity index (χ1n) is 6.91. The maximum absolute atomic E-state index is 12.0. The number of aryl methyl sites for hydroxylation is 2. The molecule has 1 heterocycles. The fourth-order valence-corrected chi connectivity index (χ4v) is 3.52. The van der Waals surface area contributed by atoms with Gasteiger partial charge in [0, 0.05) is 11.4 Å². The number of amides is 1. The van der Waals surface area contributed by atoms with Crippen LogP contribution in [0.2, 0.25) is 0 Å². The van der Waals surface area contributed by atoms with Crippen LogP contribution >= 0.6 is 11.3 Å². The molecule has 18 heavy (non-hydrogen) atoms. The Bertz CT molecular complexity index is 375. The van der Waals surface area contributed by atoms with E-state index in [9.17, 15) is 4.79 Å². The number of carbonyl (C=O) groups is 1. The van der Waals surface area contributed by atoms with Crippen molar-refractivity contribution in [1.82, 2.24) is 5.32 Å². The van der Waals surface area contributed by atoms with Crippen LogP contribution in [0.3, 0.4) is 0 Å². The van der Waals surface area contributed by atoms with E-state index in [2.05, 4.69) is 11.4 Å². The summed E-state index contributed by atoms with van der Waals surface area (Å²) in [5.74, 6) is 0.0696. The van der Waals surface area contributed by atoms with E-state index in [1.165, 1.54) is 36.1 Å². The van der Waals surface area contributed by atoms with Crippen LogP contribution in [0, 0.1) is 0 Å². The molecule has 0 atom stereocenters. The highest BCUT2D eigenvalue weighted by molar-refractivity contribution is 7.14. The maximum atomic E-state index is 12.0. The second-order valence-corrected chi connectivity index (χ2v) is 6.01. The normalized spacial score (nSPS) is 15.6. The van der Waals surface area contributed by atoms with E-state index in [4.69, 9.17) is 5.73 Å². The van der Waals surface area contributed by atoms with Crippen molar-refractivity contribution in [1.29, 1.82) is 0 Å². The third-order valence-corrected chi connectivity index (χ3v) is 4.62. The van der Waals surface area contributed by atoms with Gasteiger partial charge in [-0.3, -0.25) is 4.79 Å². The molecule has 0 saturated heterocycles. The molecule has 1 amide bonds. The molecular formula is C14H22N2OS. The topological polar surface area (TPSA) is 55.1 Å². The molecule has 100 valence electrons. The van der Waals surface area contributed by atoms with Gasteiger partial charge in [0.1, 0.15) is 0 Å². The predicted molar refractivity (Wildman–Crippen MR) is 76.2 cm³/mol. The van der Waals surface area contributed by atoms with E-state index < -0.39 is 0 Å². The van der Waals surface area contributed by atoms with Crippen LogP contribution in [0.5, 0.6) is 0 Å². The van der Waals surface area contributed by atoms with Gasteiger partial charge in [-0.25, -0.2) is 0 Å². The summed E-state index contributed by atoms with van der Waals surface area (Å²) < 4.78 is 0. The molecule has 1 aliphatic carbocycles. The summed E-state index contributed by atoms with van der Waals surface area (Å²) >= 11 is 1.68. The van der Waals surface area contributed by atoms with Gasteiger partial charge in [-0.05, 0) is 50.3 Å². The Labute approximate surface area is 113 Å². The number of nitrogens with one attached hydrogen (secondary N) is 1. The predicted octanol–water partition coefficient (Wildman–Crippen LogP) is 2.49. The third-order valence-electron chi connectivity index (χ3n) is 3.39. The molecule has 3 nitrogen and oxygen atoms in total. The summed E-state index contributed by atoms with van der Waals surface area (Å²) in [5, 5.41) is 2.93. The standard InChI is InChI=1S/C14H22N2OS/c15-8-5-9-16-14(17)13-10-11-6-3-1-2-4-7-12(11)18-13/h10H,1-9,15H2,(H,16,17). The number of nitrogens with two attached hydrogens (primary N) is 1. The molecule has 1 aliphatic rings. The molecule has 3 N–H and O–H groups in total. The van der Waals surface area contributed by atoms with Gasteiger partial charge in [0.2, 0.25) is 0 Å². The number of fused-ring (bicyclic) bond motifs is 1. The van der Waals surface area contributed by atoms with Gasteiger partial charge in [0.15, 0.2) is 0 Å². The monoisotopic (exact) mass is 266 g/mol. The first-order valence-corrected chi connectivity index (χ1v) is 7.73. The molecule has 0 radical (unpaired) electrons. The second-order valence-electron chi connectivity index (χ2n) is 4.87. The van der Waals surface area contributed by atoms with E-state index >= 15 is 0 Å². The first-order chi connectivity index (χ1) is 8.81. The van der Waals surface area contributed by atoms with Crippen molar-refractivity contribution in [2.45, 2.75) is 44.9 Å². The van der Waals surface area contributed by atoms with E-state index in [-0.39, 0.29) is 5.91 Å². The summed E-state index contributed by atoms with van der Waals surface area (Å²) in [7, 11) is 0. The zero-order valence-corrected chi connectivity index (χ0v) is 11.7. The Morgan fingerprint density at radius 2 is 2.06 bits per heavy atom. The van der Waals surface area contributed by atoms with Crippen molar-refractivity contribution >= 4 is 17.2 Å². The van der Waals surface area contributed by atoms with Gasteiger partial charge in [0.05, 0.1) is 4.88 Å². The minimum absolute atomic E-state index is 0.0696. The Hall–Kier alpha value is -0.870. The summed E-state index contributed by atoms with van der Waals surface area (Å²) in [6.07, 6.45) is 8.32. The van der Waals surface area contributed by atoms with Gasteiger partial charge in [-0.2, -0.15) is 0 Å². The fraction of sp³-hybridized carbons (Fsp3) is 0.643. The van der Waals surface area contributed by atoms with Gasteiger partial charge in [-0.1, -0.05) is 12.8 Å². The van der Waals surface area contributed by atoms with Crippen molar-refractivity contribution in [3.8, 4) is 0 Å². The zero-order chi connectivity index (χ0) is 12.8. The molecule has 4 heteroatoms. The minimum Gasteiger partial charge on any atom is -0.351 e. The number of rotatable bonds is 4. The SMILES string of the molecule is NCCCNC(=O)c1cc2c(s1)CCCCCC2. The van der Waals surface area contributed by atoms with E-state index in [1.54, 1.807) is 11.3 Å². The molecule has 1 aromatic rings. The van der Waals surface area contributed by atoms with Crippen LogP contribution in [-0.2, 0) is 12.8 Å². The number of carbonyl (C=O) groups excluding carboxylic acids is 1. The van der Waals surface area contributed by atoms with Crippen LogP contribution < -0.4 is 11.1 Å². The number of hydrogen-bond acceptors (Lipinski definition) is 3. The van der Waals surface area contributed by atoms with Gasteiger partial charge >= 0.3 is 0 Å². The van der Waals surface area contributed by atoms with Crippen LogP contribution in [0.1, 0.15) is 52.2 Å². The largest absolute Gasteiger partial charge is 0.351 e. The lowest BCUT2D eigenvalue weighted by Crippen LogP contribution is -2.25. The highest BCUT2D eigenvalue weighted by atomic mass is 32.1. The zero-order valence-electron chi connectivity index (χ0n) is 10.8. The molecular weight excluding hydrogens is 244 g/mol. The maximum Gasteiger partial charge on any atom is 0.261 e. The molecule has 0 bridgehead atoms. The van der Waals surface area contributed by atoms with Crippen molar-refractivity contribution in [3.63, 3.8) is 0 Å². The van der Waals surface area contributed by atoms with Gasteiger partial charge in [-0.15, -0.1) is 11.3 Å². The summed E-state index contributed by atoms with van der Waals surface area (Å²) in [4.78, 5) is 14.3. The average molecular weight is 266 g/mol. The van der Waals surface area contributed by atoms with Crippen molar-refractivity contribution in [3.05, 3.63) is 21.4 Å². The fourth-order valence-electron chi connectivity index (χ4n) is 2.35. The van der Waals surface area contributed by atoms with Crippen LogP contribution in [-0.4, -0.2) is 19.0 Å². The smallest absolute Gasteiger partial charge is 0.261 e. The highest BCUT2D eigenvalue weighted by Crippen LogP contribution is 2.28. The Kier molecular flexibility index (Phi) is 5.20. The highest BCUT2D eigenvalue weighted by Gasteiger charge is 2.15. The first kappa shape index (κ1) is 13.6. The van der Waals surface area contributed by atoms with Gasteiger partial charge in [0.25, 0.3) is 5.91 Å². The van der Waals surface area contributed by atoms with Crippen LogP contribution in [0.15, 0.2) is 6.07 Å². The van der Waals surface area contributed by atoms with Crippen molar-refractivity contribution in [2.75, 3.05) is 13.1 Å². The molecule has 0 aromatic carbocycles. The van der Waals surface area contributed by atoms with Crippen LogP contribution in [0.25, 0.3) is 0 Å². The van der Waals surface area contributed by atoms with Crippen molar-refractivity contribution < 1.29 is 4.79 Å². The molecule has 0 unspecified atom stereocenters. The average Bonchev–Trinajstić information content (AvgIpc) is 2.72.